The maximum Gasteiger partial charge on any atom is 0.197 e. The molecule has 0 aliphatic carbocycles. The fraction of sp³-hybridized carbons (Fsp3) is 0.111. The maximum atomic E-state index is 7.83. The normalized spacial score (nSPS) is 9.73. The van der Waals surface area contributed by atoms with E-state index in [1.807, 2.05) is 0 Å². The molecular formula is C18H16OS3. The van der Waals surface area contributed by atoms with Gasteiger partial charge in [0.2, 0.25) is 0 Å². The molecule has 2 heterocycles. The standard InChI is InChI=1S/2C9H8S.OS/c2*1-7-2-3-8-4-5-10-9(8)6-7;1-2/h2*2-6H,1H3;. The van der Waals surface area contributed by atoms with Crippen LogP contribution in [0.3, 0.4) is 0 Å². The zero-order valence-electron chi connectivity index (χ0n) is 12.4. The van der Waals surface area contributed by atoms with Crippen molar-refractivity contribution >= 4 is 55.4 Å². The minimum atomic E-state index is 1.34. The first-order valence-electron chi connectivity index (χ1n) is 6.77. The lowest BCUT2D eigenvalue weighted by Crippen LogP contribution is -1.66. The van der Waals surface area contributed by atoms with Gasteiger partial charge in [-0.3, -0.25) is 0 Å². The Labute approximate surface area is 143 Å². The molecule has 2 aromatic carbocycles. The van der Waals surface area contributed by atoms with Gasteiger partial charge in [-0.25, -0.2) is 0 Å². The molecule has 4 rings (SSSR count). The molecule has 0 N–H and O–H groups in total. The lowest BCUT2D eigenvalue weighted by molar-refractivity contribution is 0.702. The summed E-state index contributed by atoms with van der Waals surface area (Å²) in [6.07, 6.45) is 0. The quantitative estimate of drug-likeness (QED) is 0.384. The summed E-state index contributed by atoms with van der Waals surface area (Å²) < 4.78 is 10.6. The van der Waals surface area contributed by atoms with Crippen LogP contribution in [0.2, 0.25) is 0 Å². The van der Waals surface area contributed by atoms with Gasteiger partial charge in [0.25, 0.3) is 0 Å². The van der Waals surface area contributed by atoms with Gasteiger partial charge < -0.3 is 0 Å². The summed E-state index contributed by atoms with van der Waals surface area (Å²) in [5, 5.41) is 6.97. The fourth-order valence-electron chi connectivity index (χ4n) is 2.12. The molecule has 0 radical (unpaired) electrons. The molecule has 0 saturated carbocycles. The molecule has 1 nitrogen and oxygen atoms in total. The minimum Gasteiger partial charge on any atom is -0.197 e. The number of hydrogen-bond donors (Lipinski definition) is 0. The van der Waals surface area contributed by atoms with Gasteiger partial charge in [-0.2, -0.15) is 4.21 Å². The van der Waals surface area contributed by atoms with Crippen LogP contribution in [0.5, 0.6) is 0 Å². The van der Waals surface area contributed by atoms with Crippen molar-refractivity contribution in [3.63, 3.8) is 0 Å². The highest BCUT2D eigenvalue weighted by atomic mass is 32.1. The molecule has 0 spiro atoms. The van der Waals surface area contributed by atoms with E-state index in [4.69, 9.17) is 4.21 Å². The molecule has 0 aliphatic rings. The topological polar surface area (TPSA) is 17.1 Å². The van der Waals surface area contributed by atoms with Gasteiger partial charge in [-0.05, 0) is 70.8 Å². The van der Waals surface area contributed by atoms with Crippen LogP contribution in [0.4, 0.5) is 0 Å². The minimum absolute atomic E-state index is 1.34. The van der Waals surface area contributed by atoms with Crippen molar-refractivity contribution in [2.24, 2.45) is 0 Å². The van der Waals surface area contributed by atoms with Crippen LogP contribution in [0, 0.1) is 13.8 Å². The van der Waals surface area contributed by atoms with E-state index < -0.39 is 0 Å². The molecule has 0 amide bonds. The lowest BCUT2D eigenvalue weighted by atomic mass is 10.2. The predicted octanol–water partition coefficient (Wildman–Crippen LogP) is 6.08. The second-order valence-corrected chi connectivity index (χ2v) is 6.82. The van der Waals surface area contributed by atoms with E-state index in [1.54, 1.807) is 22.7 Å². The van der Waals surface area contributed by atoms with Gasteiger partial charge in [0, 0.05) is 9.40 Å². The SMILES string of the molecule is Cc1ccc2ccsc2c1.Cc1ccc2ccsc2c1.O=S. The average Bonchev–Trinajstić information content (AvgIpc) is 3.17. The number of thiophene rings is 2. The van der Waals surface area contributed by atoms with Crippen LogP contribution < -0.4 is 0 Å². The van der Waals surface area contributed by atoms with E-state index in [-0.39, 0.29) is 0 Å². The Morgan fingerprint density at radius 1 is 0.682 bits per heavy atom. The van der Waals surface area contributed by atoms with Crippen LogP contribution in [-0.2, 0) is 12.5 Å². The molecule has 0 fully saturated rings. The molecule has 4 heteroatoms. The maximum absolute atomic E-state index is 7.83. The number of hydrogen-bond acceptors (Lipinski definition) is 4. The molecule has 0 aliphatic heterocycles. The highest BCUT2D eigenvalue weighted by molar-refractivity contribution is 7.44. The predicted molar refractivity (Wildman–Crippen MR) is 101 cm³/mol. The fourth-order valence-corrected chi connectivity index (χ4v) is 3.90. The van der Waals surface area contributed by atoms with Gasteiger partial charge >= 0.3 is 0 Å². The largest absolute Gasteiger partial charge is 0.197 e. The summed E-state index contributed by atoms with van der Waals surface area (Å²) in [5.74, 6) is 0. The molecule has 0 saturated heterocycles. The van der Waals surface area contributed by atoms with E-state index in [0.29, 0.717) is 0 Å². The molecule has 0 bridgehead atoms. The van der Waals surface area contributed by atoms with E-state index in [0.717, 1.165) is 0 Å². The Morgan fingerprint density at radius 2 is 1.09 bits per heavy atom. The van der Waals surface area contributed by atoms with Gasteiger partial charge in [-0.15, -0.1) is 22.7 Å². The molecular weight excluding hydrogens is 328 g/mol. The molecule has 4 aromatic rings. The monoisotopic (exact) mass is 344 g/mol. The van der Waals surface area contributed by atoms with E-state index >= 15 is 0 Å². The Balaban J connectivity index is 0.000000144. The van der Waals surface area contributed by atoms with Crippen molar-refractivity contribution in [1.29, 1.82) is 0 Å². The Bertz CT molecular complexity index is 789. The summed E-state index contributed by atoms with van der Waals surface area (Å²) in [4.78, 5) is 0. The number of aryl methyl sites for hydroxylation is 2. The van der Waals surface area contributed by atoms with Crippen molar-refractivity contribution in [3.05, 3.63) is 70.4 Å². The number of rotatable bonds is 0. The van der Waals surface area contributed by atoms with Crippen molar-refractivity contribution in [2.45, 2.75) is 13.8 Å². The summed E-state index contributed by atoms with van der Waals surface area (Å²) in [6, 6.07) is 17.4. The second-order valence-electron chi connectivity index (χ2n) is 4.92. The number of benzene rings is 2. The van der Waals surface area contributed by atoms with Crippen LogP contribution >= 0.6 is 22.7 Å². The third-order valence-corrected chi connectivity index (χ3v) is 4.98. The number of fused-ring (bicyclic) bond motifs is 2. The summed E-state index contributed by atoms with van der Waals surface area (Å²) in [7, 11) is 0. The van der Waals surface area contributed by atoms with Crippen molar-refractivity contribution in [1.82, 2.24) is 0 Å². The van der Waals surface area contributed by atoms with Gasteiger partial charge in [0.05, 0.1) is 0 Å². The van der Waals surface area contributed by atoms with Crippen LogP contribution in [0.1, 0.15) is 11.1 Å². The van der Waals surface area contributed by atoms with Crippen molar-refractivity contribution in [2.75, 3.05) is 0 Å². The van der Waals surface area contributed by atoms with E-state index in [1.165, 1.54) is 31.3 Å². The van der Waals surface area contributed by atoms with Crippen LogP contribution in [-0.4, -0.2) is 4.21 Å². The van der Waals surface area contributed by atoms with Crippen LogP contribution in [0.25, 0.3) is 20.2 Å². The third-order valence-electron chi connectivity index (χ3n) is 3.22. The van der Waals surface area contributed by atoms with Crippen LogP contribution in [0.15, 0.2) is 59.3 Å². The Morgan fingerprint density at radius 3 is 1.50 bits per heavy atom. The van der Waals surface area contributed by atoms with Gasteiger partial charge in [-0.1, -0.05) is 24.3 Å². The first-order chi connectivity index (χ1) is 10.7. The van der Waals surface area contributed by atoms with E-state index in [9.17, 15) is 0 Å². The molecule has 22 heavy (non-hydrogen) atoms. The van der Waals surface area contributed by atoms with Crippen molar-refractivity contribution in [3.8, 4) is 0 Å². The average molecular weight is 345 g/mol. The lowest BCUT2D eigenvalue weighted by Gasteiger charge is -1.89. The van der Waals surface area contributed by atoms with Gasteiger partial charge in [0.1, 0.15) is 0 Å². The molecule has 0 unspecified atom stereocenters. The molecule has 112 valence electrons. The highest BCUT2D eigenvalue weighted by Gasteiger charge is 1.92. The highest BCUT2D eigenvalue weighted by Crippen LogP contribution is 2.21. The molecule has 0 atom stereocenters. The first kappa shape index (κ1) is 16.7. The third kappa shape index (κ3) is 4.19. The Hall–Kier alpha value is -1.62. The zero-order valence-corrected chi connectivity index (χ0v) is 14.9. The molecule has 2 aromatic heterocycles. The first-order valence-corrected chi connectivity index (χ1v) is 8.86. The summed E-state index contributed by atoms with van der Waals surface area (Å²) in [6.45, 7) is 4.25. The van der Waals surface area contributed by atoms with E-state index in [2.05, 4.69) is 85.7 Å². The Kier molecular flexibility index (Phi) is 6.19. The smallest absolute Gasteiger partial charge is 0.197 e. The zero-order chi connectivity index (χ0) is 15.9. The summed E-state index contributed by atoms with van der Waals surface area (Å²) in [5.41, 5.74) is 2.69. The van der Waals surface area contributed by atoms with Crippen molar-refractivity contribution < 1.29 is 4.21 Å². The second kappa shape index (κ2) is 8.13. The van der Waals surface area contributed by atoms with Gasteiger partial charge in [0.15, 0.2) is 12.5 Å². The summed E-state index contributed by atoms with van der Waals surface area (Å²) >= 11 is 6.44.